The van der Waals surface area contributed by atoms with Crippen molar-refractivity contribution in [3.05, 3.63) is 71.3 Å². The number of carbonyl (C=O) groups is 3. The molecule has 194 valence electrons. The summed E-state index contributed by atoms with van der Waals surface area (Å²) in [6, 6.07) is 12.0. The van der Waals surface area contributed by atoms with Crippen molar-refractivity contribution in [2.24, 2.45) is 11.8 Å². The zero-order valence-corrected chi connectivity index (χ0v) is 20.9. The van der Waals surface area contributed by atoms with Gasteiger partial charge in [0, 0.05) is 26.2 Å². The Morgan fingerprint density at radius 1 is 0.806 bits per heavy atom. The highest BCUT2D eigenvalue weighted by Crippen LogP contribution is 2.26. The molecule has 1 saturated heterocycles. The van der Waals surface area contributed by atoms with Gasteiger partial charge in [-0.15, -0.1) is 0 Å². The molecule has 0 bridgehead atoms. The molecule has 2 aromatic rings. The zero-order valence-electron chi connectivity index (χ0n) is 20.9. The Morgan fingerprint density at radius 2 is 1.19 bits per heavy atom. The number of amides is 3. The summed E-state index contributed by atoms with van der Waals surface area (Å²) < 4.78 is 31.6. The van der Waals surface area contributed by atoms with E-state index in [1.807, 2.05) is 0 Å². The van der Waals surface area contributed by atoms with Gasteiger partial charge in [0.05, 0.1) is 11.8 Å². The van der Waals surface area contributed by atoms with E-state index in [9.17, 15) is 23.2 Å². The lowest BCUT2D eigenvalue weighted by Crippen LogP contribution is -2.42. The Bertz CT molecular complexity index is 981. The van der Waals surface area contributed by atoms with Gasteiger partial charge in [0.15, 0.2) is 0 Å². The molecule has 2 atom stereocenters. The summed E-state index contributed by atoms with van der Waals surface area (Å²) in [4.78, 5) is 40.1. The molecule has 0 aliphatic carbocycles. The number of rotatable bonds is 8. The van der Waals surface area contributed by atoms with Crippen molar-refractivity contribution in [2.75, 3.05) is 26.2 Å². The molecule has 0 unspecified atom stereocenters. The highest BCUT2D eigenvalue weighted by Gasteiger charge is 2.44. The van der Waals surface area contributed by atoms with Gasteiger partial charge in [-0.2, -0.15) is 0 Å². The summed E-state index contributed by atoms with van der Waals surface area (Å²) in [7, 11) is 0. The van der Waals surface area contributed by atoms with E-state index in [1.165, 1.54) is 29.2 Å². The van der Waals surface area contributed by atoms with E-state index in [2.05, 4.69) is 10.6 Å². The molecule has 1 fully saturated rings. The van der Waals surface area contributed by atoms with Gasteiger partial charge in [-0.25, -0.2) is 13.6 Å². The minimum absolute atomic E-state index is 0.0628. The summed E-state index contributed by atoms with van der Waals surface area (Å²) >= 11 is 0. The predicted octanol–water partition coefficient (Wildman–Crippen LogP) is 3.47. The van der Waals surface area contributed by atoms with Crippen molar-refractivity contribution in [1.82, 2.24) is 15.5 Å². The Balaban J connectivity index is 1.60. The minimum Gasteiger partial charge on any atom is -0.444 e. The van der Waals surface area contributed by atoms with Crippen LogP contribution in [0.1, 0.15) is 31.9 Å². The van der Waals surface area contributed by atoms with Crippen molar-refractivity contribution in [3.63, 3.8) is 0 Å². The number of nitrogens with one attached hydrogen (secondary N) is 2. The van der Waals surface area contributed by atoms with Crippen LogP contribution < -0.4 is 10.6 Å². The Labute approximate surface area is 210 Å². The topological polar surface area (TPSA) is 87.7 Å². The first-order valence-electron chi connectivity index (χ1n) is 12.0. The smallest absolute Gasteiger partial charge is 0.410 e. The summed E-state index contributed by atoms with van der Waals surface area (Å²) in [5, 5.41) is 5.68. The Hall–Kier alpha value is -3.49. The van der Waals surface area contributed by atoms with Crippen molar-refractivity contribution < 1.29 is 27.9 Å². The second-order valence-corrected chi connectivity index (χ2v) is 9.93. The minimum atomic E-state index is -0.739. The average Bonchev–Trinajstić information content (AvgIpc) is 3.27. The highest BCUT2D eigenvalue weighted by atomic mass is 19.1. The van der Waals surface area contributed by atoms with E-state index in [0.29, 0.717) is 25.9 Å². The fourth-order valence-electron chi connectivity index (χ4n) is 4.04. The Kier molecular flexibility index (Phi) is 9.01. The molecule has 2 N–H and O–H groups in total. The van der Waals surface area contributed by atoms with Gasteiger partial charge in [0.2, 0.25) is 11.8 Å². The van der Waals surface area contributed by atoms with Gasteiger partial charge >= 0.3 is 6.09 Å². The van der Waals surface area contributed by atoms with Gasteiger partial charge in [0.25, 0.3) is 0 Å². The van der Waals surface area contributed by atoms with E-state index < -0.39 is 23.5 Å². The SMILES string of the molecule is CC(C)(C)OC(=O)N1C[C@@H](C(=O)NCCc2ccc(F)cc2)[C@H](C(=O)NCCc2ccc(F)cc2)C1. The standard InChI is InChI=1S/C27H33F2N3O4/c1-27(2,3)36-26(35)32-16-22(24(33)30-14-12-18-4-8-20(28)9-5-18)23(17-32)25(34)31-15-13-19-6-10-21(29)11-7-19/h4-11,22-23H,12-17H2,1-3H3,(H,30,33)(H,31,34)/t22-,23-/m1/s1. The van der Waals surface area contributed by atoms with Crippen LogP contribution >= 0.6 is 0 Å². The predicted molar refractivity (Wildman–Crippen MR) is 131 cm³/mol. The lowest BCUT2D eigenvalue weighted by molar-refractivity contribution is -0.132. The van der Waals surface area contributed by atoms with Crippen molar-refractivity contribution >= 4 is 17.9 Å². The quantitative estimate of drug-likeness (QED) is 0.580. The number of nitrogens with zero attached hydrogens (tertiary/aromatic N) is 1. The largest absolute Gasteiger partial charge is 0.444 e. The van der Waals surface area contributed by atoms with Crippen LogP contribution in [-0.2, 0) is 27.2 Å². The van der Waals surface area contributed by atoms with E-state index >= 15 is 0 Å². The molecule has 36 heavy (non-hydrogen) atoms. The van der Waals surface area contributed by atoms with Crippen LogP contribution in [0.4, 0.5) is 13.6 Å². The monoisotopic (exact) mass is 501 g/mol. The van der Waals surface area contributed by atoms with Crippen LogP contribution in [0.2, 0.25) is 0 Å². The number of likely N-dealkylation sites (tertiary alicyclic amines) is 1. The maximum absolute atomic E-state index is 13.1. The number of ether oxygens (including phenoxy) is 1. The third kappa shape index (κ3) is 8.03. The maximum atomic E-state index is 13.1. The van der Waals surface area contributed by atoms with Crippen LogP contribution in [0.5, 0.6) is 0 Å². The molecule has 3 rings (SSSR count). The summed E-state index contributed by atoms with van der Waals surface area (Å²) in [5.41, 5.74) is 1.03. The van der Waals surface area contributed by atoms with E-state index in [1.54, 1.807) is 45.0 Å². The summed E-state index contributed by atoms with van der Waals surface area (Å²) in [6.45, 7) is 6.00. The second-order valence-electron chi connectivity index (χ2n) is 9.93. The molecule has 1 aliphatic heterocycles. The van der Waals surface area contributed by atoms with Crippen LogP contribution in [0.15, 0.2) is 48.5 Å². The average molecular weight is 502 g/mol. The molecule has 7 nitrogen and oxygen atoms in total. The number of hydrogen-bond donors (Lipinski definition) is 2. The number of carbonyl (C=O) groups excluding carboxylic acids is 3. The Morgan fingerprint density at radius 3 is 1.56 bits per heavy atom. The first-order valence-corrected chi connectivity index (χ1v) is 12.0. The van der Waals surface area contributed by atoms with Gasteiger partial charge in [0.1, 0.15) is 17.2 Å². The van der Waals surface area contributed by atoms with Gasteiger partial charge in [-0.1, -0.05) is 24.3 Å². The highest BCUT2D eigenvalue weighted by molar-refractivity contribution is 5.89. The molecule has 0 radical (unpaired) electrons. The normalized spacial score (nSPS) is 17.5. The molecule has 1 heterocycles. The fourth-order valence-corrected chi connectivity index (χ4v) is 4.04. The first-order chi connectivity index (χ1) is 17.0. The van der Waals surface area contributed by atoms with Crippen LogP contribution in [0.3, 0.4) is 0 Å². The lowest BCUT2D eigenvalue weighted by atomic mass is 9.94. The van der Waals surface area contributed by atoms with Crippen molar-refractivity contribution in [3.8, 4) is 0 Å². The van der Waals surface area contributed by atoms with Crippen LogP contribution in [-0.4, -0.2) is 54.6 Å². The number of halogens is 2. The molecule has 0 spiro atoms. The third-order valence-electron chi connectivity index (χ3n) is 5.90. The van der Waals surface area contributed by atoms with E-state index in [0.717, 1.165) is 11.1 Å². The van der Waals surface area contributed by atoms with E-state index in [4.69, 9.17) is 4.74 Å². The fraction of sp³-hybridized carbons (Fsp3) is 0.444. The van der Waals surface area contributed by atoms with Gasteiger partial charge in [-0.05, 0) is 69.0 Å². The van der Waals surface area contributed by atoms with E-state index in [-0.39, 0.29) is 36.5 Å². The molecular formula is C27H33F2N3O4. The van der Waals surface area contributed by atoms with Crippen LogP contribution in [0.25, 0.3) is 0 Å². The van der Waals surface area contributed by atoms with Gasteiger partial charge < -0.3 is 20.3 Å². The lowest BCUT2D eigenvalue weighted by Gasteiger charge is -2.24. The third-order valence-corrected chi connectivity index (χ3v) is 5.90. The molecule has 0 saturated carbocycles. The zero-order chi connectivity index (χ0) is 26.3. The van der Waals surface area contributed by atoms with Crippen molar-refractivity contribution in [2.45, 2.75) is 39.2 Å². The second kappa shape index (κ2) is 12.0. The summed E-state index contributed by atoms with van der Waals surface area (Å²) in [6.07, 6.45) is 0.430. The molecular weight excluding hydrogens is 468 g/mol. The molecule has 2 aromatic carbocycles. The number of hydrogen-bond acceptors (Lipinski definition) is 4. The molecule has 0 aromatic heterocycles. The maximum Gasteiger partial charge on any atom is 0.410 e. The molecule has 9 heteroatoms. The first kappa shape index (κ1) is 27.1. The molecule has 3 amide bonds. The van der Waals surface area contributed by atoms with Crippen LogP contribution in [0, 0.1) is 23.5 Å². The summed E-state index contributed by atoms with van der Waals surface area (Å²) in [5.74, 6) is -2.80. The molecule has 1 aliphatic rings. The number of benzene rings is 2. The van der Waals surface area contributed by atoms with Crippen molar-refractivity contribution in [1.29, 1.82) is 0 Å². The van der Waals surface area contributed by atoms with Gasteiger partial charge in [-0.3, -0.25) is 9.59 Å².